The third kappa shape index (κ3) is 5.91. The monoisotopic (exact) mass is 739 g/mol. The van der Waals surface area contributed by atoms with E-state index in [0.717, 1.165) is 50.0 Å². The van der Waals surface area contributed by atoms with Crippen LogP contribution in [0.2, 0.25) is 0 Å². The molecule has 0 amide bonds. The summed E-state index contributed by atoms with van der Waals surface area (Å²) in [5.41, 5.74) is 14.6. The summed E-state index contributed by atoms with van der Waals surface area (Å²) in [5.74, 6) is 0. The first-order valence-corrected chi connectivity index (χ1v) is 19.8. The second-order valence-electron chi connectivity index (χ2n) is 14.9. The van der Waals surface area contributed by atoms with Gasteiger partial charge in [0.05, 0.1) is 0 Å². The molecule has 2 heteroatoms. The molecule has 0 radical (unpaired) electrons. The van der Waals surface area contributed by atoms with E-state index in [4.69, 9.17) is 4.42 Å². The summed E-state index contributed by atoms with van der Waals surface area (Å²) < 4.78 is 6.30. The van der Waals surface area contributed by atoms with E-state index in [0.29, 0.717) is 0 Å². The van der Waals surface area contributed by atoms with Crippen LogP contribution >= 0.6 is 0 Å². The quantitative estimate of drug-likeness (QED) is 0.151. The Hall–Kier alpha value is -7.68. The highest BCUT2D eigenvalue weighted by Gasteiger charge is 2.18. The van der Waals surface area contributed by atoms with Gasteiger partial charge in [0.15, 0.2) is 0 Å². The lowest BCUT2D eigenvalue weighted by atomic mass is 9.89. The lowest BCUT2D eigenvalue weighted by Gasteiger charge is -2.27. The molecule has 0 saturated heterocycles. The second kappa shape index (κ2) is 14.1. The van der Waals surface area contributed by atoms with Crippen LogP contribution in [0.4, 0.5) is 17.1 Å². The van der Waals surface area contributed by atoms with Gasteiger partial charge in [0.25, 0.3) is 0 Å². The van der Waals surface area contributed by atoms with Gasteiger partial charge in [0.1, 0.15) is 11.2 Å². The van der Waals surface area contributed by atoms with Gasteiger partial charge in [-0.2, -0.15) is 0 Å². The molecule has 272 valence electrons. The molecular weight excluding hydrogens is 703 g/mol. The van der Waals surface area contributed by atoms with Crippen LogP contribution in [-0.2, 0) is 0 Å². The SMILES string of the molecule is c1ccc(-c2cccc(N(c3cccc(-c4ccccc4-c4ccccc4-c4ccccc4)c3)c3ccc4ccc5cc6oc7ccccc7c6cc5c4c3)c2)cc1. The van der Waals surface area contributed by atoms with E-state index in [1.54, 1.807) is 0 Å². The van der Waals surface area contributed by atoms with Crippen molar-refractivity contribution in [1.82, 2.24) is 0 Å². The molecule has 11 rings (SSSR count). The first-order chi connectivity index (χ1) is 28.7. The Labute approximate surface area is 337 Å². The molecule has 11 aromatic rings. The number of benzene rings is 10. The fourth-order valence-corrected chi connectivity index (χ4v) is 8.67. The number of para-hydroxylation sites is 1. The molecule has 58 heavy (non-hydrogen) atoms. The summed E-state index contributed by atoms with van der Waals surface area (Å²) in [5, 5.41) is 7.02. The largest absolute Gasteiger partial charge is 0.456 e. The first kappa shape index (κ1) is 33.6. The van der Waals surface area contributed by atoms with E-state index in [2.05, 4.69) is 217 Å². The minimum atomic E-state index is 0.909. The number of anilines is 3. The lowest BCUT2D eigenvalue weighted by Crippen LogP contribution is -2.10. The number of fused-ring (bicyclic) bond motifs is 6. The van der Waals surface area contributed by atoms with Crippen LogP contribution < -0.4 is 4.90 Å². The van der Waals surface area contributed by atoms with Crippen LogP contribution in [0, 0.1) is 0 Å². The third-order valence-electron chi connectivity index (χ3n) is 11.4. The standard InChI is InChI=1S/C56H37NO/c1-3-15-38(16-4-1)41-19-13-21-44(33-41)57(46-32-31-40-29-30-43-35-56-54(37-53(43)52(40)36-46)51-27-11-12-28-55(51)58-56)45-22-14-20-42(34-45)48-24-8-10-26-50(48)49-25-9-7-23-47(49)39-17-5-2-6-18-39/h1-37H. The van der Waals surface area contributed by atoms with Crippen molar-refractivity contribution in [3.8, 4) is 44.5 Å². The van der Waals surface area contributed by atoms with Gasteiger partial charge in [-0.15, -0.1) is 0 Å². The molecule has 0 saturated carbocycles. The number of nitrogens with zero attached hydrogens (tertiary/aromatic N) is 1. The Morgan fingerprint density at radius 2 is 0.776 bits per heavy atom. The van der Waals surface area contributed by atoms with Crippen molar-refractivity contribution in [1.29, 1.82) is 0 Å². The van der Waals surface area contributed by atoms with Crippen molar-refractivity contribution >= 4 is 60.5 Å². The van der Waals surface area contributed by atoms with Crippen LogP contribution in [0.15, 0.2) is 229 Å². The van der Waals surface area contributed by atoms with Gasteiger partial charge in [0, 0.05) is 27.8 Å². The van der Waals surface area contributed by atoms with E-state index >= 15 is 0 Å². The average Bonchev–Trinajstić information content (AvgIpc) is 3.66. The zero-order valence-corrected chi connectivity index (χ0v) is 31.7. The molecule has 0 aliphatic heterocycles. The molecule has 1 heterocycles. The van der Waals surface area contributed by atoms with Gasteiger partial charge in [-0.1, -0.05) is 170 Å². The molecule has 0 bridgehead atoms. The summed E-state index contributed by atoms with van der Waals surface area (Å²) in [6.07, 6.45) is 0. The van der Waals surface area contributed by atoms with E-state index in [-0.39, 0.29) is 0 Å². The van der Waals surface area contributed by atoms with Gasteiger partial charge >= 0.3 is 0 Å². The Balaban J connectivity index is 1.10. The summed E-state index contributed by atoms with van der Waals surface area (Å²) in [7, 11) is 0. The maximum atomic E-state index is 6.30. The minimum Gasteiger partial charge on any atom is -0.456 e. The molecule has 1 aromatic heterocycles. The van der Waals surface area contributed by atoms with Crippen LogP contribution in [0.5, 0.6) is 0 Å². The van der Waals surface area contributed by atoms with Crippen LogP contribution in [0.3, 0.4) is 0 Å². The number of hydrogen-bond donors (Lipinski definition) is 0. The van der Waals surface area contributed by atoms with Crippen molar-refractivity contribution in [2.24, 2.45) is 0 Å². The predicted octanol–water partition coefficient (Wildman–Crippen LogP) is 16.0. The fraction of sp³-hybridized carbons (Fsp3) is 0. The van der Waals surface area contributed by atoms with Gasteiger partial charge in [-0.05, 0) is 121 Å². The van der Waals surface area contributed by atoms with E-state index in [1.165, 1.54) is 55.1 Å². The van der Waals surface area contributed by atoms with Crippen molar-refractivity contribution in [3.63, 3.8) is 0 Å². The van der Waals surface area contributed by atoms with Crippen molar-refractivity contribution in [3.05, 3.63) is 224 Å². The average molecular weight is 740 g/mol. The normalized spacial score (nSPS) is 11.4. The number of furan rings is 1. The van der Waals surface area contributed by atoms with Crippen molar-refractivity contribution in [2.75, 3.05) is 4.90 Å². The highest BCUT2D eigenvalue weighted by molar-refractivity contribution is 6.17. The zero-order chi connectivity index (χ0) is 38.4. The van der Waals surface area contributed by atoms with E-state index in [1.807, 2.05) is 12.1 Å². The Kier molecular flexibility index (Phi) is 8.19. The zero-order valence-electron chi connectivity index (χ0n) is 31.7. The van der Waals surface area contributed by atoms with Crippen LogP contribution in [-0.4, -0.2) is 0 Å². The molecule has 0 fully saturated rings. The molecule has 0 spiro atoms. The molecule has 0 aliphatic carbocycles. The number of rotatable bonds is 7. The molecular formula is C56H37NO. The second-order valence-corrected chi connectivity index (χ2v) is 14.9. The Morgan fingerprint density at radius 1 is 0.259 bits per heavy atom. The molecule has 0 N–H and O–H groups in total. The maximum Gasteiger partial charge on any atom is 0.136 e. The van der Waals surface area contributed by atoms with Gasteiger partial charge in [-0.3, -0.25) is 0 Å². The topological polar surface area (TPSA) is 16.4 Å². The summed E-state index contributed by atoms with van der Waals surface area (Å²) in [4.78, 5) is 2.40. The summed E-state index contributed by atoms with van der Waals surface area (Å²) in [6, 6.07) is 80.8. The smallest absolute Gasteiger partial charge is 0.136 e. The van der Waals surface area contributed by atoms with Gasteiger partial charge < -0.3 is 9.32 Å². The third-order valence-corrected chi connectivity index (χ3v) is 11.4. The van der Waals surface area contributed by atoms with E-state index in [9.17, 15) is 0 Å². The van der Waals surface area contributed by atoms with Crippen LogP contribution in [0.1, 0.15) is 0 Å². The molecule has 0 unspecified atom stereocenters. The summed E-state index contributed by atoms with van der Waals surface area (Å²) in [6.45, 7) is 0. The molecule has 0 aliphatic rings. The fourth-order valence-electron chi connectivity index (χ4n) is 8.67. The van der Waals surface area contributed by atoms with Crippen molar-refractivity contribution in [2.45, 2.75) is 0 Å². The Morgan fingerprint density at radius 3 is 1.52 bits per heavy atom. The van der Waals surface area contributed by atoms with Gasteiger partial charge in [0.2, 0.25) is 0 Å². The van der Waals surface area contributed by atoms with Crippen LogP contribution in [0.25, 0.3) is 88.0 Å². The highest BCUT2D eigenvalue weighted by Crippen LogP contribution is 2.43. The lowest BCUT2D eigenvalue weighted by molar-refractivity contribution is 0.669. The predicted molar refractivity (Wildman–Crippen MR) is 245 cm³/mol. The highest BCUT2D eigenvalue weighted by atomic mass is 16.3. The molecule has 0 atom stereocenters. The first-order valence-electron chi connectivity index (χ1n) is 19.8. The van der Waals surface area contributed by atoms with Gasteiger partial charge in [-0.25, -0.2) is 0 Å². The van der Waals surface area contributed by atoms with Crippen molar-refractivity contribution < 1.29 is 4.42 Å². The van der Waals surface area contributed by atoms with E-state index < -0.39 is 0 Å². The molecule has 10 aromatic carbocycles. The minimum absolute atomic E-state index is 0.909. The molecule has 2 nitrogen and oxygen atoms in total. The number of hydrogen-bond acceptors (Lipinski definition) is 2. The Bertz CT molecular complexity index is 3290. The summed E-state index contributed by atoms with van der Waals surface area (Å²) >= 11 is 0. The maximum absolute atomic E-state index is 6.30.